The van der Waals surface area contributed by atoms with E-state index in [0.29, 0.717) is 0 Å². The first kappa shape index (κ1) is 14.2. The van der Waals surface area contributed by atoms with Crippen LogP contribution in [0.2, 0.25) is 0 Å². The van der Waals surface area contributed by atoms with E-state index in [1.165, 1.54) is 7.69 Å². The summed E-state index contributed by atoms with van der Waals surface area (Å²) in [5.74, 6) is 2.91. The summed E-state index contributed by atoms with van der Waals surface area (Å²) in [7, 11) is 1.32. The molecule has 1 radical (unpaired) electrons. The Balaban J connectivity index is 1.81. The van der Waals surface area contributed by atoms with E-state index in [1.54, 1.807) is 0 Å². The third-order valence-corrected chi connectivity index (χ3v) is 3.31. The summed E-state index contributed by atoms with van der Waals surface area (Å²) in [6, 6.07) is 15.4. The minimum absolute atomic E-state index is 0.720. The van der Waals surface area contributed by atoms with Gasteiger partial charge in [-0.15, -0.1) is 0 Å². The highest BCUT2D eigenvalue weighted by molar-refractivity contribution is 7.79. The van der Waals surface area contributed by atoms with Gasteiger partial charge in [-0.2, -0.15) is 25.3 Å². The second kappa shape index (κ2) is 7.41. The average molecular weight is 289 g/mol. The number of rotatable bonds is 6. The number of thiol groups is 2. The molecular formula is C14H14BO2S2. The van der Waals surface area contributed by atoms with Crippen molar-refractivity contribution in [1.82, 2.24) is 0 Å². The maximum atomic E-state index is 5.38. The van der Waals surface area contributed by atoms with Crippen molar-refractivity contribution in [3.63, 3.8) is 0 Å². The molecule has 0 fully saturated rings. The smallest absolute Gasteiger partial charge is 0.526 e. The molecule has 0 atom stereocenters. The first-order valence-corrected chi connectivity index (χ1v) is 7.13. The van der Waals surface area contributed by atoms with Gasteiger partial charge in [-0.25, -0.2) is 0 Å². The zero-order valence-corrected chi connectivity index (χ0v) is 12.1. The molecule has 0 saturated heterocycles. The van der Waals surface area contributed by atoms with Gasteiger partial charge in [0.1, 0.15) is 11.5 Å². The first-order valence-electron chi connectivity index (χ1n) is 5.86. The van der Waals surface area contributed by atoms with Crippen molar-refractivity contribution >= 4 is 32.9 Å². The van der Waals surface area contributed by atoms with Crippen molar-refractivity contribution in [2.75, 3.05) is 0 Å². The third-order valence-electron chi connectivity index (χ3n) is 2.58. The summed E-state index contributed by atoms with van der Waals surface area (Å²) in [5, 5.41) is 0. The molecule has 0 N–H and O–H groups in total. The van der Waals surface area contributed by atoms with Crippen LogP contribution in [0.25, 0.3) is 0 Å². The Bertz CT molecular complexity index is 452. The van der Waals surface area contributed by atoms with Crippen molar-refractivity contribution in [1.29, 1.82) is 0 Å². The molecule has 2 nitrogen and oxygen atoms in total. The molecule has 0 aliphatic heterocycles. The summed E-state index contributed by atoms with van der Waals surface area (Å²) < 4.78 is 10.8. The molecule has 0 aliphatic rings. The van der Waals surface area contributed by atoms with Gasteiger partial charge in [0.2, 0.25) is 0 Å². The van der Waals surface area contributed by atoms with Crippen molar-refractivity contribution in [3.8, 4) is 11.5 Å². The molecule has 0 aliphatic carbocycles. The Morgan fingerprint density at radius 2 is 1.05 bits per heavy atom. The number of hydrogen-bond donors (Lipinski definition) is 2. The molecule has 0 bridgehead atoms. The van der Waals surface area contributed by atoms with Gasteiger partial charge in [-0.1, -0.05) is 24.3 Å². The SMILES string of the molecule is SCc1ccc(O[B]Oc2ccc(CS)cc2)cc1. The fourth-order valence-corrected chi connectivity index (χ4v) is 1.90. The minimum atomic E-state index is 0.720. The van der Waals surface area contributed by atoms with Crippen LogP contribution < -0.4 is 9.31 Å². The van der Waals surface area contributed by atoms with Crippen molar-refractivity contribution < 1.29 is 9.31 Å². The van der Waals surface area contributed by atoms with Gasteiger partial charge in [0, 0.05) is 11.5 Å². The molecule has 0 spiro atoms. The van der Waals surface area contributed by atoms with Crippen LogP contribution in [-0.2, 0) is 11.5 Å². The Hall–Kier alpha value is -1.20. The molecule has 97 valence electrons. The molecule has 0 unspecified atom stereocenters. The Kier molecular flexibility index (Phi) is 5.54. The van der Waals surface area contributed by atoms with E-state index in [-0.39, 0.29) is 0 Å². The quantitative estimate of drug-likeness (QED) is 0.626. The normalized spacial score (nSPS) is 10.0. The maximum Gasteiger partial charge on any atom is 0.658 e. The average Bonchev–Trinajstić information content (AvgIpc) is 2.49. The highest BCUT2D eigenvalue weighted by Crippen LogP contribution is 2.15. The van der Waals surface area contributed by atoms with E-state index in [4.69, 9.17) is 9.31 Å². The molecule has 2 rings (SSSR count). The second-order valence-corrected chi connectivity index (χ2v) is 4.57. The topological polar surface area (TPSA) is 18.5 Å². The Morgan fingerprint density at radius 1 is 0.684 bits per heavy atom. The highest BCUT2D eigenvalue weighted by Gasteiger charge is 2.01. The molecule has 0 saturated carbocycles. The van der Waals surface area contributed by atoms with Crippen LogP contribution in [-0.4, -0.2) is 7.69 Å². The lowest BCUT2D eigenvalue weighted by Crippen LogP contribution is -2.10. The summed E-state index contributed by atoms with van der Waals surface area (Å²) >= 11 is 8.40. The standard InChI is InChI=1S/C14H14BO2S2/c18-9-11-1-5-13(6-2-11)16-15-17-14-7-3-12(10-19)4-8-14/h1-8,18-19H,9-10H2. The van der Waals surface area contributed by atoms with Crippen molar-refractivity contribution in [2.45, 2.75) is 11.5 Å². The minimum Gasteiger partial charge on any atom is -0.526 e. The van der Waals surface area contributed by atoms with Crippen LogP contribution in [0.4, 0.5) is 0 Å². The predicted molar refractivity (Wildman–Crippen MR) is 85.3 cm³/mol. The zero-order chi connectivity index (χ0) is 13.5. The van der Waals surface area contributed by atoms with Gasteiger partial charge >= 0.3 is 7.69 Å². The lowest BCUT2D eigenvalue weighted by atomic mass is 10.2. The van der Waals surface area contributed by atoms with Crippen LogP contribution in [0.1, 0.15) is 11.1 Å². The van der Waals surface area contributed by atoms with Gasteiger partial charge in [0.05, 0.1) is 0 Å². The van der Waals surface area contributed by atoms with Gasteiger partial charge in [-0.3, -0.25) is 0 Å². The molecule has 2 aromatic carbocycles. The molecule has 2 aromatic rings. The van der Waals surface area contributed by atoms with E-state index >= 15 is 0 Å². The summed E-state index contributed by atoms with van der Waals surface area (Å²) in [6.45, 7) is 0. The fourth-order valence-electron chi connectivity index (χ4n) is 1.48. The van der Waals surface area contributed by atoms with Crippen LogP contribution in [0.5, 0.6) is 11.5 Å². The van der Waals surface area contributed by atoms with E-state index < -0.39 is 0 Å². The Labute approximate surface area is 125 Å². The number of benzene rings is 2. The molecular weight excluding hydrogens is 275 g/mol. The van der Waals surface area contributed by atoms with Gasteiger partial charge in [0.15, 0.2) is 0 Å². The monoisotopic (exact) mass is 289 g/mol. The maximum absolute atomic E-state index is 5.38. The highest BCUT2D eigenvalue weighted by atomic mass is 32.1. The summed E-state index contributed by atoms with van der Waals surface area (Å²) in [5.41, 5.74) is 2.30. The van der Waals surface area contributed by atoms with E-state index in [1.807, 2.05) is 48.5 Å². The van der Waals surface area contributed by atoms with Gasteiger partial charge < -0.3 is 9.31 Å². The molecule has 19 heavy (non-hydrogen) atoms. The van der Waals surface area contributed by atoms with E-state index in [2.05, 4.69) is 25.3 Å². The fraction of sp³-hybridized carbons (Fsp3) is 0.143. The molecule has 0 heterocycles. The molecule has 0 aromatic heterocycles. The lowest BCUT2D eigenvalue weighted by Gasteiger charge is -2.07. The van der Waals surface area contributed by atoms with Gasteiger partial charge in [0.25, 0.3) is 0 Å². The van der Waals surface area contributed by atoms with E-state index in [0.717, 1.165) is 34.1 Å². The lowest BCUT2D eigenvalue weighted by molar-refractivity contribution is 0.459. The number of hydrogen-bond acceptors (Lipinski definition) is 4. The van der Waals surface area contributed by atoms with Crippen LogP contribution in [0.15, 0.2) is 48.5 Å². The van der Waals surface area contributed by atoms with Crippen molar-refractivity contribution in [2.24, 2.45) is 0 Å². The zero-order valence-electron chi connectivity index (χ0n) is 10.3. The van der Waals surface area contributed by atoms with Crippen LogP contribution >= 0.6 is 25.3 Å². The third kappa shape index (κ3) is 4.44. The van der Waals surface area contributed by atoms with Crippen LogP contribution in [0.3, 0.4) is 0 Å². The molecule has 0 amide bonds. The largest absolute Gasteiger partial charge is 0.658 e. The Morgan fingerprint density at radius 3 is 1.37 bits per heavy atom. The predicted octanol–water partition coefficient (Wildman–Crippen LogP) is 3.54. The van der Waals surface area contributed by atoms with Crippen molar-refractivity contribution in [3.05, 3.63) is 59.7 Å². The van der Waals surface area contributed by atoms with E-state index in [9.17, 15) is 0 Å². The second-order valence-electron chi connectivity index (χ2n) is 3.94. The summed E-state index contributed by atoms with van der Waals surface area (Å²) in [6.07, 6.45) is 0. The summed E-state index contributed by atoms with van der Waals surface area (Å²) in [4.78, 5) is 0. The molecule has 5 heteroatoms. The van der Waals surface area contributed by atoms with Crippen LogP contribution in [0, 0.1) is 0 Å². The van der Waals surface area contributed by atoms with Gasteiger partial charge in [-0.05, 0) is 35.4 Å². The first-order chi connectivity index (χ1) is 9.31.